The molecule has 3 heterocycles. The monoisotopic (exact) mass is 384 g/mol. The number of halogens is 1. The Morgan fingerprint density at radius 1 is 1.11 bits per heavy atom. The highest BCUT2D eigenvalue weighted by molar-refractivity contribution is 6.31. The summed E-state index contributed by atoms with van der Waals surface area (Å²) in [5.74, 6) is 1.18. The summed E-state index contributed by atoms with van der Waals surface area (Å²) < 4.78 is 0. The van der Waals surface area contributed by atoms with Crippen LogP contribution < -0.4 is 9.80 Å². The summed E-state index contributed by atoms with van der Waals surface area (Å²) in [5, 5.41) is 12.3. The van der Waals surface area contributed by atoms with E-state index in [1.807, 2.05) is 23.1 Å². The van der Waals surface area contributed by atoms with Crippen LogP contribution in [0, 0.1) is 17.0 Å². The molecular weight excluding hydrogens is 368 g/mol. The van der Waals surface area contributed by atoms with Gasteiger partial charge in [0.2, 0.25) is 11.0 Å². The van der Waals surface area contributed by atoms with Crippen LogP contribution in [0.1, 0.15) is 5.56 Å². The number of aryl methyl sites for hydroxylation is 1. The normalized spacial score (nSPS) is 14.6. The fourth-order valence-corrected chi connectivity index (χ4v) is 3.58. The Bertz CT molecular complexity index is 1020. The molecule has 4 rings (SSSR count). The summed E-state index contributed by atoms with van der Waals surface area (Å²) in [5.41, 5.74) is 1.90. The fourth-order valence-electron chi connectivity index (χ4n) is 3.38. The van der Waals surface area contributed by atoms with Crippen LogP contribution in [0.2, 0.25) is 5.15 Å². The first kappa shape index (κ1) is 17.4. The molecule has 0 atom stereocenters. The molecule has 2 aromatic heterocycles. The van der Waals surface area contributed by atoms with Gasteiger partial charge in [-0.25, -0.2) is 15.0 Å². The van der Waals surface area contributed by atoms with Gasteiger partial charge in [-0.1, -0.05) is 29.8 Å². The molecule has 1 aromatic carbocycles. The largest absolute Gasteiger partial charge is 0.353 e. The van der Waals surface area contributed by atoms with E-state index in [1.165, 1.54) is 11.9 Å². The van der Waals surface area contributed by atoms with E-state index in [0.29, 0.717) is 26.2 Å². The van der Waals surface area contributed by atoms with Crippen LogP contribution in [0.3, 0.4) is 0 Å². The first-order chi connectivity index (χ1) is 13.0. The van der Waals surface area contributed by atoms with E-state index in [4.69, 9.17) is 16.6 Å². The Labute approximate surface area is 160 Å². The minimum atomic E-state index is -0.529. The second-order valence-electron chi connectivity index (χ2n) is 6.38. The van der Waals surface area contributed by atoms with Crippen LogP contribution in [-0.4, -0.2) is 46.1 Å². The predicted octanol–water partition coefficient (Wildman–Crippen LogP) is 3.22. The molecule has 1 fully saturated rings. The van der Waals surface area contributed by atoms with Gasteiger partial charge in [0.05, 0.1) is 10.4 Å². The van der Waals surface area contributed by atoms with Crippen LogP contribution in [0.5, 0.6) is 0 Å². The van der Waals surface area contributed by atoms with Gasteiger partial charge in [0.25, 0.3) is 0 Å². The standard InChI is InChI=1S/C18H17ClN6O2/c1-12-10-15(22-14-5-3-2-4-13(12)14)23-6-8-24(9-7-23)18-16(25(26)27)17(19)20-11-21-18/h2-5,10-11H,6-9H2,1H3. The highest BCUT2D eigenvalue weighted by atomic mass is 35.5. The number of nitro groups is 1. The van der Waals surface area contributed by atoms with Gasteiger partial charge >= 0.3 is 5.69 Å². The van der Waals surface area contributed by atoms with Crippen molar-refractivity contribution in [2.75, 3.05) is 36.0 Å². The van der Waals surface area contributed by atoms with Crippen molar-refractivity contribution in [3.05, 3.63) is 57.5 Å². The number of hydrogen-bond acceptors (Lipinski definition) is 7. The highest BCUT2D eigenvalue weighted by Gasteiger charge is 2.28. The lowest BCUT2D eigenvalue weighted by Crippen LogP contribution is -2.47. The van der Waals surface area contributed by atoms with E-state index in [0.717, 1.165) is 16.7 Å². The van der Waals surface area contributed by atoms with Crippen molar-refractivity contribution in [1.82, 2.24) is 15.0 Å². The Morgan fingerprint density at radius 2 is 1.81 bits per heavy atom. The molecular formula is C18H17ClN6O2. The lowest BCUT2D eigenvalue weighted by molar-refractivity contribution is -0.384. The number of pyridine rings is 1. The lowest BCUT2D eigenvalue weighted by Gasteiger charge is -2.35. The maximum atomic E-state index is 11.3. The summed E-state index contributed by atoms with van der Waals surface area (Å²) in [7, 11) is 0. The van der Waals surface area contributed by atoms with Gasteiger partial charge in [-0.3, -0.25) is 10.1 Å². The molecule has 0 N–H and O–H groups in total. The van der Waals surface area contributed by atoms with Crippen LogP contribution in [0.4, 0.5) is 17.3 Å². The number of benzene rings is 1. The number of para-hydroxylation sites is 1. The Kier molecular flexibility index (Phi) is 4.49. The third kappa shape index (κ3) is 3.23. The molecule has 1 aliphatic heterocycles. The second kappa shape index (κ2) is 6.96. The first-order valence-electron chi connectivity index (χ1n) is 8.56. The number of anilines is 2. The summed E-state index contributed by atoms with van der Waals surface area (Å²) in [4.78, 5) is 27.4. The van der Waals surface area contributed by atoms with Gasteiger partial charge in [0.1, 0.15) is 12.1 Å². The van der Waals surface area contributed by atoms with E-state index < -0.39 is 4.92 Å². The van der Waals surface area contributed by atoms with E-state index >= 15 is 0 Å². The van der Waals surface area contributed by atoms with Crippen molar-refractivity contribution in [3.8, 4) is 0 Å². The van der Waals surface area contributed by atoms with Crippen molar-refractivity contribution < 1.29 is 4.92 Å². The number of fused-ring (bicyclic) bond motifs is 1. The number of hydrogen-bond donors (Lipinski definition) is 0. The van der Waals surface area contributed by atoms with Gasteiger partial charge in [0.15, 0.2) is 0 Å². The molecule has 0 radical (unpaired) electrons. The molecule has 1 aliphatic rings. The average Bonchev–Trinajstić information content (AvgIpc) is 2.67. The maximum Gasteiger partial charge on any atom is 0.348 e. The molecule has 0 unspecified atom stereocenters. The predicted molar refractivity (Wildman–Crippen MR) is 105 cm³/mol. The molecule has 27 heavy (non-hydrogen) atoms. The third-order valence-electron chi connectivity index (χ3n) is 4.75. The van der Waals surface area contributed by atoms with Gasteiger partial charge < -0.3 is 9.80 Å². The van der Waals surface area contributed by atoms with Crippen LogP contribution >= 0.6 is 11.6 Å². The van der Waals surface area contributed by atoms with Crippen molar-refractivity contribution >= 4 is 39.8 Å². The zero-order valence-corrected chi connectivity index (χ0v) is 15.4. The molecule has 0 aliphatic carbocycles. The van der Waals surface area contributed by atoms with Crippen molar-refractivity contribution in [2.24, 2.45) is 0 Å². The zero-order chi connectivity index (χ0) is 19.0. The minimum absolute atomic E-state index is 0.140. The van der Waals surface area contributed by atoms with E-state index in [-0.39, 0.29) is 16.7 Å². The van der Waals surface area contributed by atoms with Crippen LogP contribution in [0.15, 0.2) is 36.7 Å². The van der Waals surface area contributed by atoms with Crippen LogP contribution in [-0.2, 0) is 0 Å². The fraction of sp³-hybridized carbons (Fsp3) is 0.278. The molecule has 0 amide bonds. The third-order valence-corrected chi connectivity index (χ3v) is 5.03. The Balaban J connectivity index is 1.57. The number of nitrogens with zero attached hydrogens (tertiary/aromatic N) is 6. The summed E-state index contributed by atoms with van der Waals surface area (Å²) in [6.45, 7) is 4.62. The topological polar surface area (TPSA) is 88.3 Å². The molecule has 1 saturated heterocycles. The Hall–Kier alpha value is -3.00. The van der Waals surface area contributed by atoms with Gasteiger partial charge in [-0.15, -0.1) is 0 Å². The molecule has 3 aromatic rings. The van der Waals surface area contributed by atoms with Gasteiger partial charge in [-0.2, -0.15) is 0 Å². The van der Waals surface area contributed by atoms with Gasteiger partial charge in [-0.05, 0) is 24.6 Å². The molecule has 0 bridgehead atoms. The molecule has 138 valence electrons. The minimum Gasteiger partial charge on any atom is -0.353 e. The van der Waals surface area contributed by atoms with Crippen molar-refractivity contribution in [1.29, 1.82) is 0 Å². The molecule has 8 nitrogen and oxygen atoms in total. The smallest absolute Gasteiger partial charge is 0.348 e. The van der Waals surface area contributed by atoms with E-state index in [9.17, 15) is 10.1 Å². The number of piperazine rings is 1. The quantitative estimate of drug-likeness (QED) is 0.389. The molecule has 9 heteroatoms. The summed E-state index contributed by atoms with van der Waals surface area (Å²) >= 11 is 5.90. The van der Waals surface area contributed by atoms with Gasteiger partial charge in [0, 0.05) is 31.6 Å². The number of aromatic nitrogens is 3. The molecule has 0 spiro atoms. The summed E-state index contributed by atoms with van der Waals surface area (Å²) in [6, 6.07) is 10.2. The molecule has 0 saturated carbocycles. The highest BCUT2D eigenvalue weighted by Crippen LogP contribution is 2.32. The van der Waals surface area contributed by atoms with E-state index in [2.05, 4.69) is 33.9 Å². The first-order valence-corrected chi connectivity index (χ1v) is 8.93. The summed E-state index contributed by atoms with van der Waals surface area (Å²) in [6.07, 6.45) is 1.26. The Morgan fingerprint density at radius 3 is 2.56 bits per heavy atom. The van der Waals surface area contributed by atoms with Crippen molar-refractivity contribution in [2.45, 2.75) is 6.92 Å². The maximum absolute atomic E-state index is 11.3. The SMILES string of the molecule is Cc1cc(N2CCN(c3ncnc(Cl)c3[N+](=O)[O-])CC2)nc2ccccc12. The van der Waals surface area contributed by atoms with Crippen molar-refractivity contribution in [3.63, 3.8) is 0 Å². The zero-order valence-electron chi connectivity index (χ0n) is 14.7. The van der Waals surface area contributed by atoms with E-state index in [1.54, 1.807) is 0 Å². The number of rotatable bonds is 3. The van der Waals surface area contributed by atoms with Crippen LogP contribution in [0.25, 0.3) is 10.9 Å². The second-order valence-corrected chi connectivity index (χ2v) is 6.74. The average molecular weight is 385 g/mol. The lowest BCUT2D eigenvalue weighted by atomic mass is 10.1.